The number of benzene rings is 2. The molecule has 2 rings (SSSR count). The monoisotopic (exact) mass is 289 g/mol. The number of hydrogen-bond acceptors (Lipinski definition) is 3. The van der Waals surface area contributed by atoms with Crippen LogP contribution in [0.1, 0.15) is 12.0 Å². The first-order valence-electron chi connectivity index (χ1n) is 6.40. The van der Waals surface area contributed by atoms with Crippen molar-refractivity contribution < 1.29 is 18.3 Å². The van der Waals surface area contributed by atoms with Gasteiger partial charge in [0, 0.05) is 12.5 Å². The highest BCUT2D eigenvalue weighted by Crippen LogP contribution is 2.18. The average molecular weight is 289 g/mol. The predicted molar refractivity (Wildman–Crippen MR) is 73.1 cm³/mol. The minimum absolute atomic E-state index is 0.110. The Morgan fingerprint density at radius 2 is 1.81 bits per heavy atom. The van der Waals surface area contributed by atoms with E-state index in [0.29, 0.717) is 24.3 Å². The first-order valence-corrected chi connectivity index (χ1v) is 6.40. The van der Waals surface area contributed by atoms with E-state index in [9.17, 15) is 8.78 Å². The second-order valence-corrected chi connectivity index (χ2v) is 4.26. The van der Waals surface area contributed by atoms with Crippen molar-refractivity contribution in [1.29, 1.82) is 5.26 Å². The summed E-state index contributed by atoms with van der Waals surface area (Å²) in [7, 11) is 0. The van der Waals surface area contributed by atoms with E-state index < -0.39 is 11.6 Å². The fourth-order valence-corrected chi connectivity index (χ4v) is 1.67. The van der Waals surface area contributed by atoms with Gasteiger partial charge in [0.25, 0.3) is 0 Å². The summed E-state index contributed by atoms with van der Waals surface area (Å²) in [6.07, 6.45) is 0.507. The van der Waals surface area contributed by atoms with E-state index in [4.69, 9.17) is 14.7 Å². The van der Waals surface area contributed by atoms with E-state index in [2.05, 4.69) is 0 Å². The molecule has 0 aliphatic carbocycles. The summed E-state index contributed by atoms with van der Waals surface area (Å²) in [5.41, 5.74) is 0.519. The van der Waals surface area contributed by atoms with Crippen molar-refractivity contribution in [3.63, 3.8) is 0 Å². The third-order valence-electron chi connectivity index (χ3n) is 2.67. The molecule has 0 bridgehead atoms. The zero-order chi connectivity index (χ0) is 15.1. The summed E-state index contributed by atoms with van der Waals surface area (Å²) in [5, 5.41) is 8.75. The van der Waals surface area contributed by atoms with Gasteiger partial charge in [-0.15, -0.1) is 0 Å². The lowest BCUT2D eigenvalue weighted by Crippen LogP contribution is -2.06. The lowest BCUT2D eigenvalue weighted by Gasteiger charge is -2.08. The predicted octanol–water partition coefficient (Wildman–Crippen LogP) is 3.68. The van der Waals surface area contributed by atoms with Gasteiger partial charge >= 0.3 is 0 Å². The molecule has 0 aliphatic heterocycles. The van der Waals surface area contributed by atoms with Crippen LogP contribution in [-0.2, 0) is 0 Å². The molecule has 0 amide bonds. The van der Waals surface area contributed by atoms with Crippen LogP contribution in [0.15, 0.2) is 42.5 Å². The third-order valence-corrected chi connectivity index (χ3v) is 2.67. The summed E-state index contributed by atoms with van der Waals surface area (Å²) in [6.45, 7) is 0.560. The minimum atomic E-state index is -0.598. The van der Waals surface area contributed by atoms with Gasteiger partial charge in [0.15, 0.2) is 11.6 Å². The zero-order valence-corrected chi connectivity index (χ0v) is 11.2. The maximum absolute atomic E-state index is 13.3. The average Bonchev–Trinajstić information content (AvgIpc) is 2.50. The smallest absolute Gasteiger partial charge is 0.165 e. The van der Waals surface area contributed by atoms with Crippen LogP contribution < -0.4 is 9.47 Å². The SMILES string of the molecule is N#Cc1cccc(OCCCOc2cc(F)ccc2F)c1. The molecule has 0 fully saturated rings. The van der Waals surface area contributed by atoms with E-state index in [1.165, 1.54) is 0 Å². The molecule has 2 aromatic rings. The van der Waals surface area contributed by atoms with Crippen molar-refractivity contribution in [2.45, 2.75) is 6.42 Å². The van der Waals surface area contributed by atoms with Crippen LogP contribution in [0.25, 0.3) is 0 Å². The fraction of sp³-hybridized carbons (Fsp3) is 0.188. The first kappa shape index (κ1) is 14.8. The van der Waals surface area contributed by atoms with Crippen molar-refractivity contribution in [3.8, 4) is 17.6 Å². The van der Waals surface area contributed by atoms with E-state index in [1.807, 2.05) is 6.07 Å². The van der Waals surface area contributed by atoms with Gasteiger partial charge in [-0.05, 0) is 30.3 Å². The van der Waals surface area contributed by atoms with Gasteiger partial charge in [0.1, 0.15) is 11.6 Å². The minimum Gasteiger partial charge on any atom is -0.493 e. The Labute approximate surface area is 121 Å². The molecule has 5 heteroatoms. The molecule has 2 aromatic carbocycles. The number of nitriles is 1. The molecule has 0 atom stereocenters. The lowest BCUT2D eigenvalue weighted by atomic mass is 10.2. The Morgan fingerprint density at radius 1 is 1.00 bits per heavy atom. The fourth-order valence-electron chi connectivity index (χ4n) is 1.67. The van der Waals surface area contributed by atoms with Crippen molar-refractivity contribution in [2.75, 3.05) is 13.2 Å². The number of rotatable bonds is 6. The Kier molecular flexibility index (Phi) is 5.10. The van der Waals surface area contributed by atoms with E-state index in [0.717, 1.165) is 18.2 Å². The van der Waals surface area contributed by atoms with Crippen LogP contribution in [0, 0.1) is 23.0 Å². The molecular weight excluding hydrogens is 276 g/mol. The normalized spacial score (nSPS) is 9.95. The van der Waals surface area contributed by atoms with Crippen molar-refractivity contribution in [2.24, 2.45) is 0 Å². The van der Waals surface area contributed by atoms with Crippen LogP contribution in [0.2, 0.25) is 0 Å². The lowest BCUT2D eigenvalue weighted by molar-refractivity contribution is 0.240. The molecule has 3 nitrogen and oxygen atoms in total. The summed E-state index contributed by atoms with van der Waals surface area (Å²) in [6, 6.07) is 11.9. The van der Waals surface area contributed by atoms with Crippen molar-refractivity contribution in [1.82, 2.24) is 0 Å². The molecule has 0 saturated carbocycles. The Balaban J connectivity index is 1.75. The van der Waals surface area contributed by atoms with Gasteiger partial charge in [-0.2, -0.15) is 5.26 Å². The number of ether oxygens (including phenoxy) is 2. The molecule has 0 heterocycles. The molecule has 0 spiro atoms. The molecule has 108 valence electrons. The van der Waals surface area contributed by atoms with Crippen LogP contribution >= 0.6 is 0 Å². The van der Waals surface area contributed by atoms with Gasteiger partial charge < -0.3 is 9.47 Å². The first-order chi connectivity index (χ1) is 10.2. The number of hydrogen-bond donors (Lipinski definition) is 0. The van der Waals surface area contributed by atoms with Gasteiger partial charge in [-0.1, -0.05) is 6.07 Å². The van der Waals surface area contributed by atoms with Crippen LogP contribution in [-0.4, -0.2) is 13.2 Å². The maximum atomic E-state index is 13.3. The maximum Gasteiger partial charge on any atom is 0.165 e. The van der Waals surface area contributed by atoms with Gasteiger partial charge in [-0.3, -0.25) is 0 Å². The highest BCUT2D eigenvalue weighted by atomic mass is 19.1. The van der Waals surface area contributed by atoms with E-state index in [-0.39, 0.29) is 12.4 Å². The van der Waals surface area contributed by atoms with E-state index in [1.54, 1.807) is 24.3 Å². The molecule has 0 N–H and O–H groups in total. The topological polar surface area (TPSA) is 42.2 Å². The Bertz CT molecular complexity index is 653. The third kappa shape index (κ3) is 4.46. The zero-order valence-electron chi connectivity index (χ0n) is 11.2. The molecule has 0 aliphatic rings. The summed E-state index contributed by atoms with van der Waals surface area (Å²) in [4.78, 5) is 0. The summed E-state index contributed by atoms with van der Waals surface area (Å²) < 4.78 is 36.8. The molecule has 21 heavy (non-hydrogen) atoms. The molecule has 0 unspecified atom stereocenters. The van der Waals surface area contributed by atoms with Crippen LogP contribution in [0.5, 0.6) is 11.5 Å². The number of halogens is 2. The summed E-state index contributed by atoms with van der Waals surface area (Å²) >= 11 is 0. The molecular formula is C16H13F2NO2. The Hall–Kier alpha value is -2.61. The standard InChI is InChI=1S/C16H13F2NO2/c17-13-5-6-15(18)16(10-13)21-8-2-7-20-14-4-1-3-12(9-14)11-19/h1,3-6,9-10H,2,7-8H2. The molecule has 0 saturated heterocycles. The molecule has 0 aromatic heterocycles. The number of nitrogens with zero attached hydrogens (tertiary/aromatic N) is 1. The second kappa shape index (κ2) is 7.25. The van der Waals surface area contributed by atoms with Crippen molar-refractivity contribution in [3.05, 3.63) is 59.7 Å². The van der Waals surface area contributed by atoms with Crippen LogP contribution in [0.4, 0.5) is 8.78 Å². The highest BCUT2D eigenvalue weighted by Gasteiger charge is 2.04. The molecule has 0 radical (unpaired) electrons. The largest absolute Gasteiger partial charge is 0.493 e. The second-order valence-electron chi connectivity index (χ2n) is 4.26. The van der Waals surface area contributed by atoms with Gasteiger partial charge in [0.05, 0.1) is 24.8 Å². The Morgan fingerprint density at radius 3 is 2.62 bits per heavy atom. The van der Waals surface area contributed by atoms with Gasteiger partial charge in [0.2, 0.25) is 0 Å². The quantitative estimate of drug-likeness (QED) is 0.762. The van der Waals surface area contributed by atoms with Crippen molar-refractivity contribution >= 4 is 0 Å². The van der Waals surface area contributed by atoms with Gasteiger partial charge in [-0.25, -0.2) is 8.78 Å². The summed E-state index contributed by atoms with van der Waals surface area (Å²) in [5.74, 6) is -0.664. The van der Waals surface area contributed by atoms with Crippen LogP contribution in [0.3, 0.4) is 0 Å². The van der Waals surface area contributed by atoms with E-state index >= 15 is 0 Å². The highest BCUT2D eigenvalue weighted by molar-refractivity contribution is 5.36.